The van der Waals surface area contributed by atoms with Crippen LogP contribution in [-0.4, -0.2) is 15.5 Å². The predicted octanol–water partition coefficient (Wildman–Crippen LogP) is 5.15. The highest BCUT2D eigenvalue weighted by atomic mass is 127. The van der Waals surface area contributed by atoms with Gasteiger partial charge in [-0.1, -0.05) is 41.9 Å². The van der Waals surface area contributed by atoms with Gasteiger partial charge in [0.05, 0.1) is 5.69 Å². The van der Waals surface area contributed by atoms with Gasteiger partial charge in [0.25, 0.3) is 0 Å². The lowest BCUT2D eigenvalue weighted by molar-refractivity contribution is 0.347. The Balaban J connectivity index is 1.90. The Morgan fingerprint density at radius 1 is 1.27 bits per heavy atom. The Bertz CT molecular complexity index is 618. The summed E-state index contributed by atoms with van der Waals surface area (Å²) in [4.78, 5) is 9.39. The second-order valence-corrected chi connectivity index (χ2v) is 7.37. The summed E-state index contributed by atoms with van der Waals surface area (Å²) in [5.74, 6) is 0.763. The van der Waals surface area contributed by atoms with Crippen LogP contribution in [0.4, 0.5) is 5.95 Å². The molecule has 0 unspecified atom stereocenters. The molecular formula is C17H22IN3S. The molecule has 0 spiro atoms. The number of anilines is 1. The first kappa shape index (κ1) is 16.3. The largest absolute Gasteiger partial charge is 0.349 e. The van der Waals surface area contributed by atoms with Crippen molar-refractivity contribution in [1.82, 2.24) is 9.97 Å². The zero-order chi connectivity index (χ0) is 15.6. The van der Waals surface area contributed by atoms with Crippen molar-refractivity contribution < 1.29 is 0 Å². The zero-order valence-corrected chi connectivity index (χ0v) is 16.0. The highest BCUT2D eigenvalue weighted by molar-refractivity contribution is 14.1. The van der Waals surface area contributed by atoms with Gasteiger partial charge >= 0.3 is 0 Å². The van der Waals surface area contributed by atoms with Crippen LogP contribution in [0, 0.1) is 0 Å². The fourth-order valence-electron chi connectivity index (χ4n) is 3.42. The van der Waals surface area contributed by atoms with E-state index in [9.17, 15) is 0 Å². The van der Waals surface area contributed by atoms with Crippen LogP contribution in [0.1, 0.15) is 56.7 Å². The maximum absolute atomic E-state index is 4.83. The molecule has 1 heterocycles. The number of aromatic nitrogens is 2. The van der Waals surface area contributed by atoms with Crippen LogP contribution < -0.4 is 5.32 Å². The van der Waals surface area contributed by atoms with Gasteiger partial charge in [0.15, 0.2) is 0 Å². The summed E-state index contributed by atoms with van der Waals surface area (Å²) in [5.41, 5.74) is 4.89. The summed E-state index contributed by atoms with van der Waals surface area (Å²) in [6.45, 7) is 2.29. The lowest BCUT2D eigenvalue weighted by atomic mass is 9.83. The molecule has 1 saturated carbocycles. The summed E-state index contributed by atoms with van der Waals surface area (Å²) < 4.78 is 2.11. The van der Waals surface area contributed by atoms with Gasteiger partial charge in [-0.15, -0.1) is 0 Å². The third-order valence-corrected chi connectivity index (χ3v) is 5.70. The summed E-state index contributed by atoms with van der Waals surface area (Å²) in [5, 5.41) is 5.50. The van der Waals surface area contributed by atoms with Crippen molar-refractivity contribution in [2.45, 2.75) is 57.4 Å². The molecule has 1 aromatic rings. The molecule has 1 N–H and O–H groups in total. The topological polar surface area (TPSA) is 37.8 Å². The number of hydrogen-bond acceptors (Lipinski definition) is 4. The first-order valence-corrected chi connectivity index (χ1v) is 9.70. The molecule has 2 aliphatic carbocycles. The molecule has 0 atom stereocenters. The molecule has 0 aromatic carbocycles. The van der Waals surface area contributed by atoms with Crippen LogP contribution in [0.3, 0.4) is 0 Å². The van der Waals surface area contributed by atoms with Gasteiger partial charge in [0, 0.05) is 17.3 Å². The number of hydrogen-bond donors (Lipinski definition) is 2. The first-order chi connectivity index (χ1) is 10.6. The van der Waals surface area contributed by atoms with E-state index in [1.807, 2.05) is 11.6 Å². The van der Waals surface area contributed by atoms with Crippen LogP contribution in [-0.2, 0) is 6.42 Å². The maximum Gasteiger partial charge on any atom is 0.223 e. The molecule has 3 nitrogen and oxygen atoms in total. The maximum atomic E-state index is 4.83. The molecule has 0 amide bonds. The molecule has 0 bridgehead atoms. The SMILES string of the molecule is CC1(Nc2ncc3c(n2)C(=C/I)/C(=C\S)CC3)CCCCC1. The highest BCUT2D eigenvalue weighted by Crippen LogP contribution is 2.36. The molecular weight excluding hydrogens is 405 g/mol. The number of nitrogens with zero attached hydrogens (tertiary/aromatic N) is 2. The van der Waals surface area contributed by atoms with E-state index < -0.39 is 0 Å². The Hall–Kier alpha value is -0.560. The van der Waals surface area contributed by atoms with Gasteiger partial charge in [-0.25, -0.2) is 9.97 Å². The van der Waals surface area contributed by atoms with Crippen LogP contribution >= 0.6 is 35.2 Å². The Morgan fingerprint density at radius 2 is 2.05 bits per heavy atom. The first-order valence-electron chi connectivity index (χ1n) is 7.94. The standard InChI is InChI=1S/C17H22IN3S/c1-17(7-3-2-4-8-17)21-16-19-10-12-5-6-13(11-22)14(9-18)15(12)20-16/h9-11,22H,2-8H2,1H3,(H,19,20,21)/b13-11-,14-9+. The summed E-state index contributed by atoms with van der Waals surface area (Å²) >= 11 is 6.64. The number of halogens is 1. The van der Waals surface area contributed by atoms with Crippen molar-refractivity contribution in [3.8, 4) is 0 Å². The number of fused-ring (bicyclic) bond motifs is 1. The van der Waals surface area contributed by atoms with Crippen molar-refractivity contribution >= 4 is 46.7 Å². The second kappa shape index (κ2) is 6.91. The minimum absolute atomic E-state index is 0.136. The lowest BCUT2D eigenvalue weighted by Gasteiger charge is -2.34. The van der Waals surface area contributed by atoms with Crippen molar-refractivity contribution in [2.24, 2.45) is 0 Å². The Labute approximate surface area is 151 Å². The zero-order valence-electron chi connectivity index (χ0n) is 12.9. The van der Waals surface area contributed by atoms with Crippen LogP contribution in [0.5, 0.6) is 0 Å². The van der Waals surface area contributed by atoms with Gasteiger partial charge in [-0.3, -0.25) is 0 Å². The van der Waals surface area contributed by atoms with Gasteiger partial charge in [-0.05, 0) is 53.2 Å². The Kier molecular flexibility index (Phi) is 5.12. The minimum Gasteiger partial charge on any atom is -0.349 e. The van der Waals surface area contributed by atoms with Crippen molar-refractivity contribution in [3.05, 3.63) is 32.5 Å². The molecule has 0 aliphatic heterocycles. The smallest absolute Gasteiger partial charge is 0.223 e. The fourth-order valence-corrected chi connectivity index (χ4v) is 4.39. The van der Waals surface area contributed by atoms with Crippen LogP contribution in [0.15, 0.2) is 21.3 Å². The quantitative estimate of drug-likeness (QED) is 0.507. The number of rotatable bonds is 2. The van der Waals surface area contributed by atoms with Gasteiger partial charge < -0.3 is 5.32 Å². The van der Waals surface area contributed by atoms with E-state index in [2.05, 4.69) is 56.5 Å². The van der Waals surface area contributed by atoms with Crippen molar-refractivity contribution in [2.75, 3.05) is 5.32 Å². The van der Waals surface area contributed by atoms with Crippen molar-refractivity contribution in [1.29, 1.82) is 0 Å². The summed E-state index contributed by atoms with van der Waals surface area (Å²) in [6.07, 6.45) is 10.3. The number of aryl methyl sites for hydroxylation is 1. The van der Waals surface area contributed by atoms with Crippen LogP contribution in [0.25, 0.3) is 5.57 Å². The molecule has 0 radical (unpaired) electrons. The number of nitrogens with one attached hydrogen (secondary N) is 1. The number of allylic oxidation sites excluding steroid dienone is 2. The van der Waals surface area contributed by atoms with E-state index in [0.29, 0.717) is 0 Å². The lowest BCUT2D eigenvalue weighted by Crippen LogP contribution is -2.37. The van der Waals surface area contributed by atoms with Gasteiger partial charge in [0.1, 0.15) is 0 Å². The van der Waals surface area contributed by atoms with E-state index >= 15 is 0 Å². The molecule has 2 aliphatic rings. The minimum atomic E-state index is 0.136. The van der Waals surface area contributed by atoms with E-state index in [4.69, 9.17) is 4.98 Å². The second-order valence-electron chi connectivity index (χ2n) is 6.49. The number of thiol groups is 1. The third kappa shape index (κ3) is 3.35. The predicted molar refractivity (Wildman–Crippen MR) is 105 cm³/mol. The summed E-state index contributed by atoms with van der Waals surface area (Å²) in [7, 11) is 0. The molecule has 22 heavy (non-hydrogen) atoms. The van der Waals surface area contributed by atoms with E-state index in [1.165, 1.54) is 48.8 Å². The molecule has 0 saturated heterocycles. The summed E-state index contributed by atoms with van der Waals surface area (Å²) in [6, 6.07) is 0. The average Bonchev–Trinajstić information content (AvgIpc) is 2.53. The van der Waals surface area contributed by atoms with Gasteiger partial charge in [0.2, 0.25) is 5.95 Å². The van der Waals surface area contributed by atoms with Gasteiger partial charge in [-0.2, -0.15) is 12.6 Å². The highest BCUT2D eigenvalue weighted by Gasteiger charge is 2.28. The third-order valence-electron chi connectivity index (χ3n) is 4.76. The van der Waals surface area contributed by atoms with Crippen molar-refractivity contribution in [3.63, 3.8) is 0 Å². The average molecular weight is 427 g/mol. The molecule has 1 fully saturated rings. The monoisotopic (exact) mass is 427 g/mol. The van der Waals surface area contributed by atoms with E-state index in [-0.39, 0.29) is 5.54 Å². The Morgan fingerprint density at radius 3 is 2.73 bits per heavy atom. The van der Waals surface area contributed by atoms with E-state index in [0.717, 1.165) is 24.5 Å². The van der Waals surface area contributed by atoms with E-state index in [1.54, 1.807) is 0 Å². The normalized spacial score (nSPS) is 24.3. The molecule has 118 valence electrons. The molecule has 1 aromatic heterocycles. The fraction of sp³-hybridized carbons (Fsp3) is 0.529. The molecule has 3 rings (SSSR count). The van der Waals surface area contributed by atoms with Crippen LogP contribution in [0.2, 0.25) is 0 Å². The molecule has 5 heteroatoms.